The van der Waals surface area contributed by atoms with E-state index in [1.807, 2.05) is 37.3 Å². The molecule has 3 aromatic rings. The van der Waals surface area contributed by atoms with Crippen LogP contribution in [-0.4, -0.2) is 47.0 Å². The summed E-state index contributed by atoms with van der Waals surface area (Å²) in [7, 11) is 0. The van der Waals surface area contributed by atoms with Crippen molar-refractivity contribution in [3.05, 3.63) is 83.7 Å². The number of amides is 1. The molecule has 6 nitrogen and oxygen atoms in total. The minimum absolute atomic E-state index is 0.196. The molecule has 0 radical (unpaired) electrons. The molecule has 0 atom stereocenters. The van der Waals surface area contributed by atoms with E-state index in [1.165, 1.54) is 5.56 Å². The predicted octanol–water partition coefficient (Wildman–Crippen LogP) is 3.36. The molecule has 1 aromatic heterocycles. The minimum atomic E-state index is -0.196. The van der Waals surface area contributed by atoms with Crippen molar-refractivity contribution in [3.63, 3.8) is 0 Å². The molecule has 1 N–H and O–H groups in total. The second-order valence-electron chi connectivity index (χ2n) is 7.29. The smallest absolute Gasteiger partial charge is 0.258 e. The lowest BCUT2D eigenvalue weighted by Crippen LogP contribution is -2.46. The molecule has 4 rings (SSSR count). The Morgan fingerprint density at radius 3 is 2.28 bits per heavy atom. The van der Waals surface area contributed by atoms with E-state index in [1.54, 1.807) is 12.4 Å². The van der Waals surface area contributed by atoms with Gasteiger partial charge in [-0.15, -0.1) is 0 Å². The molecule has 1 saturated heterocycles. The third-order valence-electron chi connectivity index (χ3n) is 5.20. The van der Waals surface area contributed by atoms with Gasteiger partial charge in [0, 0.05) is 50.8 Å². The zero-order valence-electron chi connectivity index (χ0n) is 16.6. The van der Waals surface area contributed by atoms with Gasteiger partial charge in [0.1, 0.15) is 0 Å². The number of hydrogen-bond donors (Lipinski definition) is 1. The van der Waals surface area contributed by atoms with E-state index in [9.17, 15) is 4.79 Å². The average Bonchev–Trinajstić information content (AvgIpc) is 2.77. The maximum atomic E-state index is 12.5. The molecule has 1 aliphatic heterocycles. The van der Waals surface area contributed by atoms with Gasteiger partial charge in [-0.25, -0.2) is 9.97 Å². The first-order valence-corrected chi connectivity index (χ1v) is 9.89. The Morgan fingerprint density at radius 2 is 1.59 bits per heavy atom. The first-order valence-electron chi connectivity index (χ1n) is 9.89. The summed E-state index contributed by atoms with van der Waals surface area (Å²) in [5, 5.41) is 2.92. The van der Waals surface area contributed by atoms with E-state index in [2.05, 4.69) is 49.4 Å². The van der Waals surface area contributed by atoms with Gasteiger partial charge in [0.05, 0.1) is 5.56 Å². The Hall–Kier alpha value is -3.25. The maximum absolute atomic E-state index is 12.5. The molecule has 1 fully saturated rings. The number of carbonyl (C=O) groups excluding carboxylic acids is 1. The molecular formula is C23H25N5O. The summed E-state index contributed by atoms with van der Waals surface area (Å²) in [4.78, 5) is 25.9. The summed E-state index contributed by atoms with van der Waals surface area (Å²) in [6.07, 6.45) is 3.21. The number of piperazine rings is 1. The number of rotatable bonds is 5. The van der Waals surface area contributed by atoms with E-state index >= 15 is 0 Å². The van der Waals surface area contributed by atoms with E-state index in [4.69, 9.17) is 0 Å². The molecule has 2 aromatic carbocycles. The van der Waals surface area contributed by atoms with Gasteiger partial charge in [0.15, 0.2) is 0 Å². The van der Waals surface area contributed by atoms with Crippen LogP contribution in [0.5, 0.6) is 0 Å². The van der Waals surface area contributed by atoms with Gasteiger partial charge in [-0.05, 0) is 24.1 Å². The van der Waals surface area contributed by atoms with Gasteiger partial charge in [0.2, 0.25) is 5.95 Å². The first kappa shape index (κ1) is 19.1. The number of anilines is 2. The summed E-state index contributed by atoms with van der Waals surface area (Å²) in [5.74, 6) is 0.482. The number of aryl methyl sites for hydroxylation is 1. The largest absolute Gasteiger partial charge is 0.338 e. The second-order valence-corrected chi connectivity index (χ2v) is 7.29. The third-order valence-corrected chi connectivity index (χ3v) is 5.20. The topological polar surface area (TPSA) is 61.4 Å². The molecule has 0 spiro atoms. The molecule has 0 saturated carbocycles. The summed E-state index contributed by atoms with van der Waals surface area (Å²) in [5.41, 5.74) is 3.61. The van der Waals surface area contributed by atoms with E-state index in [0.717, 1.165) is 44.0 Å². The molecule has 29 heavy (non-hydrogen) atoms. The molecule has 6 heteroatoms. The van der Waals surface area contributed by atoms with Crippen molar-refractivity contribution >= 4 is 17.5 Å². The Morgan fingerprint density at radius 1 is 0.931 bits per heavy atom. The van der Waals surface area contributed by atoms with E-state index in [0.29, 0.717) is 11.5 Å². The predicted molar refractivity (Wildman–Crippen MR) is 115 cm³/mol. The average molecular weight is 387 g/mol. The van der Waals surface area contributed by atoms with Crippen LogP contribution in [0.1, 0.15) is 21.5 Å². The van der Waals surface area contributed by atoms with E-state index < -0.39 is 0 Å². The maximum Gasteiger partial charge on any atom is 0.258 e. The van der Waals surface area contributed by atoms with Gasteiger partial charge in [0.25, 0.3) is 5.91 Å². The lowest BCUT2D eigenvalue weighted by Gasteiger charge is -2.34. The zero-order chi connectivity index (χ0) is 20.1. The van der Waals surface area contributed by atoms with Gasteiger partial charge in [-0.3, -0.25) is 9.69 Å². The minimum Gasteiger partial charge on any atom is -0.338 e. The zero-order valence-corrected chi connectivity index (χ0v) is 16.6. The fourth-order valence-corrected chi connectivity index (χ4v) is 3.46. The molecule has 1 aliphatic rings. The number of benzene rings is 2. The molecule has 1 amide bonds. The number of carbonyl (C=O) groups is 1. The van der Waals surface area contributed by atoms with Crippen LogP contribution in [0.25, 0.3) is 0 Å². The van der Waals surface area contributed by atoms with Crippen LogP contribution in [0.15, 0.2) is 67.0 Å². The number of hydrogen-bond acceptors (Lipinski definition) is 5. The van der Waals surface area contributed by atoms with Crippen LogP contribution in [0.3, 0.4) is 0 Å². The molecular weight excluding hydrogens is 362 g/mol. The van der Waals surface area contributed by atoms with Crippen LogP contribution < -0.4 is 10.2 Å². The highest BCUT2D eigenvalue weighted by molar-refractivity contribution is 6.04. The fourth-order valence-electron chi connectivity index (χ4n) is 3.46. The number of para-hydroxylation sites is 1. The Kier molecular flexibility index (Phi) is 5.81. The monoisotopic (exact) mass is 387 g/mol. The summed E-state index contributed by atoms with van der Waals surface area (Å²) in [6, 6.07) is 18.2. The van der Waals surface area contributed by atoms with Gasteiger partial charge in [-0.2, -0.15) is 0 Å². The summed E-state index contributed by atoms with van der Waals surface area (Å²) < 4.78 is 0. The first-order chi connectivity index (χ1) is 14.2. The third kappa shape index (κ3) is 4.78. The van der Waals surface area contributed by atoms with E-state index in [-0.39, 0.29) is 5.91 Å². The van der Waals surface area contributed by atoms with Crippen molar-refractivity contribution in [2.75, 3.05) is 36.4 Å². The fraction of sp³-hybridized carbons (Fsp3) is 0.261. The number of nitrogens with one attached hydrogen (secondary N) is 1. The molecule has 0 unspecified atom stereocenters. The van der Waals surface area contributed by atoms with Crippen LogP contribution in [0, 0.1) is 6.92 Å². The molecule has 0 bridgehead atoms. The highest BCUT2D eigenvalue weighted by atomic mass is 16.1. The van der Waals surface area contributed by atoms with Crippen molar-refractivity contribution in [3.8, 4) is 0 Å². The lowest BCUT2D eigenvalue weighted by molar-refractivity contribution is 0.102. The van der Waals surface area contributed by atoms with Crippen molar-refractivity contribution < 1.29 is 4.79 Å². The van der Waals surface area contributed by atoms with Crippen molar-refractivity contribution in [2.24, 2.45) is 0 Å². The van der Waals surface area contributed by atoms with Crippen molar-refractivity contribution in [2.45, 2.75) is 13.5 Å². The van der Waals surface area contributed by atoms with Crippen LogP contribution in [0.4, 0.5) is 11.6 Å². The number of aromatic nitrogens is 2. The highest BCUT2D eigenvalue weighted by Crippen LogP contribution is 2.16. The lowest BCUT2D eigenvalue weighted by atomic mass is 10.2. The Labute approximate surface area is 171 Å². The summed E-state index contributed by atoms with van der Waals surface area (Å²) >= 11 is 0. The highest BCUT2D eigenvalue weighted by Gasteiger charge is 2.19. The standard InChI is InChI=1S/C23H25N5O/c1-18-7-5-6-10-21(18)26-22(29)20-15-24-23(25-16-20)28-13-11-27(12-14-28)17-19-8-3-2-4-9-19/h2-10,15-16H,11-14,17H2,1H3,(H,26,29). The van der Waals surface area contributed by atoms with Crippen molar-refractivity contribution in [1.82, 2.24) is 14.9 Å². The number of nitrogens with zero attached hydrogens (tertiary/aromatic N) is 4. The van der Waals surface area contributed by atoms with Crippen molar-refractivity contribution in [1.29, 1.82) is 0 Å². The summed E-state index contributed by atoms with van der Waals surface area (Å²) in [6.45, 7) is 6.62. The Balaban J connectivity index is 1.33. The molecule has 0 aliphatic carbocycles. The quantitative estimate of drug-likeness (QED) is 0.727. The van der Waals surface area contributed by atoms with Gasteiger partial charge in [-0.1, -0.05) is 48.5 Å². The van der Waals surface area contributed by atoms with Gasteiger partial charge >= 0.3 is 0 Å². The van der Waals surface area contributed by atoms with Crippen LogP contribution in [-0.2, 0) is 6.54 Å². The van der Waals surface area contributed by atoms with Gasteiger partial charge < -0.3 is 10.2 Å². The molecule has 148 valence electrons. The second kappa shape index (κ2) is 8.84. The van der Waals surface area contributed by atoms with Crippen LogP contribution >= 0.6 is 0 Å². The Bertz CT molecular complexity index is 951. The van der Waals surface area contributed by atoms with Crippen LogP contribution in [0.2, 0.25) is 0 Å². The molecule has 2 heterocycles. The SMILES string of the molecule is Cc1ccccc1NC(=O)c1cnc(N2CCN(Cc3ccccc3)CC2)nc1. The normalized spacial score (nSPS) is 14.6.